The fraction of sp³-hybridized carbons (Fsp3) is 0.167. The summed E-state index contributed by atoms with van der Waals surface area (Å²) in [7, 11) is 0. The van der Waals surface area contributed by atoms with Crippen LogP contribution in [0.1, 0.15) is 4.79 Å². The summed E-state index contributed by atoms with van der Waals surface area (Å²) in [5.41, 5.74) is -1.32. The topological polar surface area (TPSA) is 84.0 Å². The van der Waals surface area contributed by atoms with Crippen LogP contribution in [-0.2, 0) is 0 Å². The summed E-state index contributed by atoms with van der Waals surface area (Å²) < 4.78 is 0.761. The predicted octanol–water partition coefficient (Wildman–Crippen LogP) is -1.08. The molecule has 0 saturated heterocycles. The molecule has 0 aromatic carbocycles. The Labute approximate surface area is 77.3 Å². The van der Waals surface area contributed by atoms with Crippen molar-refractivity contribution >= 4 is 17.7 Å². The molecule has 0 aliphatic heterocycles. The highest BCUT2D eigenvalue weighted by Gasteiger charge is 2.05. The maximum Gasteiger partial charge on any atom is 0.335 e. The third-order valence-electron chi connectivity index (χ3n) is 1.31. The number of nitrogens with one attached hydrogen (secondary N) is 2. The summed E-state index contributed by atoms with van der Waals surface area (Å²) in [4.78, 5) is 36.7. The van der Waals surface area contributed by atoms with Crippen molar-refractivity contribution in [2.24, 2.45) is 0 Å². The molecule has 13 heavy (non-hydrogen) atoms. The molecule has 0 spiro atoms. The second-order valence-electron chi connectivity index (χ2n) is 2.18. The minimum atomic E-state index is -0.774. The number of rotatable bonds is 2. The number of nitrogens with zero attached hydrogens (tertiary/aromatic N) is 1. The Bertz CT molecular complexity index is 422. The third-order valence-corrected chi connectivity index (χ3v) is 1.44. The van der Waals surface area contributed by atoms with Crippen molar-refractivity contribution in [3.63, 3.8) is 0 Å². The second-order valence-corrected chi connectivity index (χ2v) is 2.45. The Balaban J connectivity index is 3.09. The number of H-pyrrole nitrogens is 1. The van der Waals surface area contributed by atoms with Crippen molar-refractivity contribution in [3.05, 3.63) is 33.1 Å². The van der Waals surface area contributed by atoms with E-state index in [4.69, 9.17) is 11.8 Å². The number of carbonyl (C=O) groups excluding carboxylic acids is 1. The average Bonchev–Trinajstić information content (AvgIpc) is 2.04. The molecular weight excluding hydrogens is 198 g/mol. The van der Waals surface area contributed by atoms with E-state index >= 15 is 0 Å². The summed E-state index contributed by atoms with van der Waals surface area (Å²) in [6.45, 7) is -0.187. The molecule has 70 valence electrons. The zero-order valence-electron chi connectivity index (χ0n) is 6.41. The van der Waals surface area contributed by atoms with Crippen LogP contribution in [0.3, 0.4) is 0 Å². The number of halogens is 1. The van der Waals surface area contributed by atoms with E-state index in [0.717, 1.165) is 16.8 Å². The SMILES string of the molecule is O=C(CNCl)n1ccc(=O)[nH]c1=O. The summed E-state index contributed by atoms with van der Waals surface area (Å²) in [6, 6.07) is 1.08. The lowest BCUT2D eigenvalue weighted by Gasteiger charge is -1.99. The van der Waals surface area contributed by atoms with Gasteiger partial charge in [0.1, 0.15) is 0 Å². The number of aromatic nitrogens is 2. The van der Waals surface area contributed by atoms with Gasteiger partial charge in [0.2, 0.25) is 5.91 Å². The highest BCUT2D eigenvalue weighted by Crippen LogP contribution is 1.76. The summed E-state index contributed by atoms with van der Waals surface area (Å²) >= 11 is 5.07. The molecule has 0 amide bonds. The first-order valence-electron chi connectivity index (χ1n) is 3.34. The molecule has 6 nitrogen and oxygen atoms in total. The van der Waals surface area contributed by atoms with Gasteiger partial charge in [0.15, 0.2) is 0 Å². The molecule has 0 atom stereocenters. The summed E-state index contributed by atoms with van der Waals surface area (Å²) in [6.07, 6.45) is 1.09. The summed E-state index contributed by atoms with van der Waals surface area (Å²) in [5.74, 6) is -0.545. The Kier molecular flexibility index (Phi) is 2.99. The predicted molar refractivity (Wildman–Crippen MR) is 45.8 cm³/mol. The van der Waals surface area contributed by atoms with Crippen molar-refractivity contribution < 1.29 is 4.79 Å². The van der Waals surface area contributed by atoms with Gasteiger partial charge in [0.05, 0.1) is 6.54 Å². The van der Waals surface area contributed by atoms with Gasteiger partial charge in [0.25, 0.3) is 5.56 Å². The van der Waals surface area contributed by atoms with Gasteiger partial charge < -0.3 is 0 Å². The van der Waals surface area contributed by atoms with Crippen molar-refractivity contribution in [2.45, 2.75) is 0 Å². The molecule has 1 heterocycles. The van der Waals surface area contributed by atoms with Crippen molar-refractivity contribution in [1.29, 1.82) is 0 Å². The van der Waals surface area contributed by atoms with Crippen LogP contribution in [0.15, 0.2) is 21.9 Å². The number of hydrogen-bond acceptors (Lipinski definition) is 4. The first-order chi connectivity index (χ1) is 6.15. The van der Waals surface area contributed by atoms with E-state index in [-0.39, 0.29) is 6.54 Å². The van der Waals surface area contributed by atoms with E-state index in [1.807, 2.05) is 4.98 Å². The zero-order valence-corrected chi connectivity index (χ0v) is 7.17. The Morgan fingerprint density at radius 3 is 2.85 bits per heavy atom. The summed E-state index contributed by atoms with van der Waals surface area (Å²) in [5, 5.41) is 0. The molecule has 0 unspecified atom stereocenters. The van der Waals surface area contributed by atoms with Gasteiger partial charge in [-0.2, -0.15) is 0 Å². The van der Waals surface area contributed by atoms with Gasteiger partial charge in [-0.15, -0.1) is 0 Å². The van der Waals surface area contributed by atoms with Crippen molar-refractivity contribution in [1.82, 2.24) is 14.4 Å². The molecule has 1 rings (SSSR count). The van der Waals surface area contributed by atoms with Crippen LogP contribution in [0.25, 0.3) is 0 Å². The minimum absolute atomic E-state index is 0.187. The molecule has 0 aliphatic rings. The molecule has 0 bridgehead atoms. The first kappa shape index (κ1) is 9.69. The van der Waals surface area contributed by atoms with E-state index in [2.05, 4.69) is 4.84 Å². The fourth-order valence-electron chi connectivity index (χ4n) is 0.756. The van der Waals surface area contributed by atoms with Crippen LogP contribution < -0.4 is 16.1 Å². The quantitative estimate of drug-likeness (QED) is 0.599. The van der Waals surface area contributed by atoms with Gasteiger partial charge in [-0.1, -0.05) is 0 Å². The number of hydrogen-bond donors (Lipinski definition) is 2. The Morgan fingerprint density at radius 2 is 2.31 bits per heavy atom. The molecular formula is C6H6ClN3O3. The number of aromatic amines is 1. The van der Waals surface area contributed by atoms with Gasteiger partial charge in [0, 0.05) is 12.3 Å². The molecule has 0 fully saturated rings. The fourth-order valence-corrected chi connectivity index (χ4v) is 0.870. The van der Waals surface area contributed by atoms with Crippen molar-refractivity contribution in [3.8, 4) is 0 Å². The van der Waals surface area contributed by atoms with Crippen LogP contribution in [0.5, 0.6) is 0 Å². The van der Waals surface area contributed by atoms with E-state index in [0.29, 0.717) is 0 Å². The molecule has 7 heteroatoms. The van der Waals surface area contributed by atoms with Crippen LogP contribution in [0, 0.1) is 0 Å². The Hall–Kier alpha value is -1.40. The van der Waals surface area contributed by atoms with Crippen LogP contribution >= 0.6 is 11.8 Å². The van der Waals surface area contributed by atoms with E-state index in [1.54, 1.807) is 0 Å². The standard InChI is InChI=1S/C6H6ClN3O3/c7-8-3-5(12)10-2-1-4(11)9-6(10)13/h1-2,8H,3H2,(H,9,11,13). The smallest absolute Gasteiger partial charge is 0.274 e. The molecule has 1 aromatic heterocycles. The molecule has 2 N–H and O–H groups in total. The van der Waals surface area contributed by atoms with Gasteiger partial charge in [-0.25, -0.2) is 14.2 Å². The highest BCUT2D eigenvalue weighted by molar-refractivity contribution is 6.14. The third kappa shape index (κ3) is 2.27. The molecule has 0 radical (unpaired) electrons. The van der Waals surface area contributed by atoms with E-state index in [1.165, 1.54) is 0 Å². The molecule has 0 saturated carbocycles. The lowest BCUT2D eigenvalue weighted by atomic mass is 10.5. The lowest BCUT2D eigenvalue weighted by Crippen LogP contribution is -2.35. The number of carbonyl (C=O) groups is 1. The highest BCUT2D eigenvalue weighted by atomic mass is 35.5. The molecule has 0 aliphatic carbocycles. The average molecular weight is 204 g/mol. The minimum Gasteiger partial charge on any atom is -0.274 e. The van der Waals surface area contributed by atoms with Gasteiger partial charge >= 0.3 is 5.69 Å². The van der Waals surface area contributed by atoms with Crippen molar-refractivity contribution in [2.75, 3.05) is 6.54 Å². The van der Waals surface area contributed by atoms with E-state index in [9.17, 15) is 14.4 Å². The monoisotopic (exact) mass is 203 g/mol. The molecule has 1 aromatic rings. The Morgan fingerprint density at radius 1 is 1.62 bits per heavy atom. The lowest BCUT2D eigenvalue weighted by molar-refractivity contribution is 0.0913. The maximum atomic E-state index is 11.1. The maximum absolute atomic E-state index is 11.1. The van der Waals surface area contributed by atoms with Crippen LogP contribution in [-0.4, -0.2) is 22.0 Å². The normalized spacial score (nSPS) is 9.92. The van der Waals surface area contributed by atoms with Gasteiger partial charge in [-0.05, 0) is 11.8 Å². The zero-order chi connectivity index (χ0) is 9.84. The largest absolute Gasteiger partial charge is 0.335 e. The second kappa shape index (κ2) is 4.01. The van der Waals surface area contributed by atoms with Crippen LogP contribution in [0.4, 0.5) is 0 Å². The van der Waals surface area contributed by atoms with E-state index < -0.39 is 17.2 Å². The van der Waals surface area contributed by atoms with Crippen LogP contribution in [0.2, 0.25) is 0 Å². The first-order valence-corrected chi connectivity index (χ1v) is 3.71. The van der Waals surface area contributed by atoms with Gasteiger partial charge in [-0.3, -0.25) is 14.6 Å².